The molecule has 3 atom stereocenters. The van der Waals surface area contributed by atoms with Crippen LogP contribution in [0, 0.1) is 0 Å². The molecule has 0 bridgehead atoms. The summed E-state index contributed by atoms with van der Waals surface area (Å²) in [6, 6.07) is 11.0. The highest BCUT2D eigenvalue weighted by Gasteiger charge is 2.39. The second-order valence-electron chi connectivity index (χ2n) is 7.40. The minimum atomic E-state index is -0.226. The van der Waals surface area contributed by atoms with Crippen LogP contribution in [0.4, 0.5) is 0 Å². The lowest BCUT2D eigenvalue weighted by atomic mass is 9.74. The van der Waals surface area contributed by atoms with Crippen LogP contribution in [0.2, 0.25) is 0 Å². The first-order valence-electron chi connectivity index (χ1n) is 9.01. The van der Waals surface area contributed by atoms with Gasteiger partial charge >= 0.3 is 0 Å². The highest BCUT2D eigenvalue weighted by Crippen LogP contribution is 2.38. The van der Waals surface area contributed by atoms with E-state index in [4.69, 9.17) is 5.73 Å². The first-order valence-corrected chi connectivity index (χ1v) is 9.01. The van der Waals surface area contributed by atoms with Gasteiger partial charge in [-0.15, -0.1) is 0 Å². The predicted molar refractivity (Wildman–Crippen MR) is 94.5 cm³/mol. The molecule has 3 rings (SSSR count). The van der Waals surface area contributed by atoms with Crippen LogP contribution in [0.3, 0.4) is 0 Å². The van der Waals surface area contributed by atoms with Crippen molar-refractivity contribution in [2.24, 2.45) is 5.73 Å². The fourth-order valence-corrected chi connectivity index (χ4v) is 4.34. The minimum Gasteiger partial charge on any atom is -0.391 e. The summed E-state index contributed by atoms with van der Waals surface area (Å²) in [4.78, 5) is 4.87. The molecule has 128 valence electrons. The van der Waals surface area contributed by atoms with E-state index in [1.165, 1.54) is 5.56 Å². The Morgan fingerprint density at radius 2 is 1.74 bits per heavy atom. The zero-order chi connectivity index (χ0) is 16.3. The number of aliphatic hydroxyl groups excluding tert-OH is 1. The Hall–Kier alpha value is -0.940. The third-order valence-electron chi connectivity index (χ3n) is 6.07. The molecule has 0 spiro atoms. The first kappa shape index (κ1) is 16.9. The van der Waals surface area contributed by atoms with Crippen LogP contribution >= 0.6 is 0 Å². The van der Waals surface area contributed by atoms with Crippen LogP contribution in [0.25, 0.3) is 0 Å². The van der Waals surface area contributed by atoms with E-state index < -0.39 is 0 Å². The Morgan fingerprint density at radius 1 is 1.09 bits per heavy atom. The molecule has 3 N–H and O–H groups in total. The Labute approximate surface area is 140 Å². The summed E-state index contributed by atoms with van der Waals surface area (Å²) >= 11 is 0. The first-order chi connectivity index (χ1) is 11.1. The van der Waals surface area contributed by atoms with Crippen molar-refractivity contribution in [3.8, 4) is 0 Å². The molecule has 1 aliphatic carbocycles. The molecule has 4 nitrogen and oxygen atoms in total. The van der Waals surface area contributed by atoms with Crippen molar-refractivity contribution >= 4 is 0 Å². The lowest BCUT2D eigenvalue weighted by Crippen LogP contribution is -2.52. The van der Waals surface area contributed by atoms with Gasteiger partial charge in [-0.05, 0) is 38.3 Å². The molecule has 1 saturated heterocycles. The second-order valence-corrected chi connectivity index (χ2v) is 7.40. The largest absolute Gasteiger partial charge is 0.391 e. The number of benzene rings is 1. The number of hydrogen-bond acceptors (Lipinski definition) is 4. The zero-order valence-corrected chi connectivity index (χ0v) is 14.3. The van der Waals surface area contributed by atoms with Gasteiger partial charge in [-0.1, -0.05) is 30.3 Å². The highest BCUT2D eigenvalue weighted by molar-refractivity contribution is 5.26. The summed E-state index contributed by atoms with van der Waals surface area (Å²) < 4.78 is 0. The molecule has 0 radical (unpaired) electrons. The summed E-state index contributed by atoms with van der Waals surface area (Å²) in [7, 11) is 2.18. The third kappa shape index (κ3) is 3.61. The van der Waals surface area contributed by atoms with Gasteiger partial charge in [-0.2, -0.15) is 0 Å². The van der Waals surface area contributed by atoms with Crippen molar-refractivity contribution in [3.05, 3.63) is 35.9 Å². The molecule has 1 heterocycles. The van der Waals surface area contributed by atoms with Gasteiger partial charge in [0.25, 0.3) is 0 Å². The van der Waals surface area contributed by atoms with Gasteiger partial charge in [0.15, 0.2) is 0 Å². The molecule has 1 aromatic carbocycles. The Bertz CT molecular complexity index is 487. The normalized spacial score (nSPS) is 34.2. The molecule has 23 heavy (non-hydrogen) atoms. The van der Waals surface area contributed by atoms with Crippen LogP contribution in [0.5, 0.6) is 0 Å². The fourth-order valence-electron chi connectivity index (χ4n) is 4.34. The van der Waals surface area contributed by atoms with E-state index >= 15 is 0 Å². The topological polar surface area (TPSA) is 52.7 Å². The Kier molecular flexibility index (Phi) is 5.37. The monoisotopic (exact) mass is 317 g/mol. The van der Waals surface area contributed by atoms with Crippen LogP contribution in [0.15, 0.2) is 30.3 Å². The molecule has 2 fully saturated rings. The van der Waals surface area contributed by atoms with Crippen molar-refractivity contribution in [1.82, 2.24) is 9.80 Å². The molecular formula is C19H31N3O. The van der Waals surface area contributed by atoms with Crippen LogP contribution < -0.4 is 5.73 Å². The average molecular weight is 317 g/mol. The van der Waals surface area contributed by atoms with Gasteiger partial charge in [0.05, 0.1) is 6.10 Å². The molecular weight excluding hydrogens is 286 g/mol. The van der Waals surface area contributed by atoms with Gasteiger partial charge in [0, 0.05) is 44.2 Å². The number of likely N-dealkylation sites (N-methyl/N-ethyl adjacent to an activating group) is 1. The maximum Gasteiger partial charge on any atom is 0.0695 e. The van der Waals surface area contributed by atoms with Crippen LogP contribution in [0.1, 0.15) is 31.2 Å². The molecule has 1 aromatic rings. The van der Waals surface area contributed by atoms with E-state index in [0.29, 0.717) is 12.6 Å². The minimum absolute atomic E-state index is 0.0313. The van der Waals surface area contributed by atoms with E-state index in [9.17, 15) is 5.11 Å². The van der Waals surface area contributed by atoms with E-state index in [1.807, 2.05) is 0 Å². The number of aliphatic hydroxyl groups is 1. The van der Waals surface area contributed by atoms with Crippen molar-refractivity contribution in [1.29, 1.82) is 0 Å². The van der Waals surface area contributed by atoms with E-state index in [-0.39, 0.29) is 11.5 Å². The van der Waals surface area contributed by atoms with E-state index in [2.05, 4.69) is 47.2 Å². The molecule has 0 aromatic heterocycles. The van der Waals surface area contributed by atoms with Crippen molar-refractivity contribution in [3.63, 3.8) is 0 Å². The maximum atomic E-state index is 10.7. The number of hydrogen-bond donors (Lipinski definition) is 2. The van der Waals surface area contributed by atoms with Gasteiger partial charge in [-0.3, -0.25) is 4.90 Å². The molecule has 0 amide bonds. The maximum absolute atomic E-state index is 10.7. The fraction of sp³-hybridized carbons (Fsp3) is 0.684. The van der Waals surface area contributed by atoms with Crippen LogP contribution in [-0.4, -0.2) is 66.8 Å². The molecule has 0 unspecified atom stereocenters. The van der Waals surface area contributed by atoms with E-state index in [0.717, 1.165) is 51.9 Å². The van der Waals surface area contributed by atoms with Crippen molar-refractivity contribution in [2.75, 3.05) is 39.8 Å². The summed E-state index contributed by atoms with van der Waals surface area (Å²) in [5.74, 6) is 0. The third-order valence-corrected chi connectivity index (χ3v) is 6.07. The quantitative estimate of drug-likeness (QED) is 0.828. The molecule has 2 aliphatic rings. The molecule has 1 aliphatic heterocycles. The number of nitrogens with zero attached hydrogens (tertiary/aromatic N) is 2. The molecule has 4 heteroatoms. The number of rotatable bonds is 3. The smallest absolute Gasteiger partial charge is 0.0695 e. The SMILES string of the molecule is CN1CCN([C@H]2CC[C@](CN)(c3ccccc3)CC[C@@H]2O)CC1. The average Bonchev–Trinajstić information content (AvgIpc) is 2.77. The lowest BCUT2D eigenvalue weighted by Gasteiger charge is -2.39. The number of piperazine rings is 1. The van der Waals surface area contributed by atoms with Crippen molar-refractivity contribution < 1.29 is 5.11 Å². The standard InChI is InChI=1S/C19H31N3O/c1-21-11-13-22(14-12-21)17-7-9-19(15-20,10-8-18(17)23)16-5-3-2-4-6-16/h2-6,17-18,23H,7-15,20H2,1H3/t17-,18-,19-/m0/s1. The van der Waals surface area contributed by atoms with Gasteiger partial charge in [-0.25, -0.2) is 0 Å². The van der Waals surface area contributed by atoms with Gasteiger partial charge < -0.3 is 15.7 Å². The summed E-state index contributed by atoms with van der Waals surface area (Å²) in [6.45, 7) is 5.01. The second kappa shape index (κ2) is 7.31. The predicted octanol–water partition coefficient (Wildman–Crippen LogP) is 1.43. The summed E-state index contributed by atoms with van der Waals surface area (Å²) in [6.07, 6.45) is 3.72. The Morgan fingerprint density at radius 3 is 2.39 bits per heavy atom. The lowest BCUT2D eigenvalue weighted by molar-refractivity contribution is 0.0200. The van der Waals surface area contributed by atoms with E-state index in [1.54, 1.807) is 0 Å². The summed E-state index contributed by atoms with van der Waals surface area (Å²) in [5, 5.41) is 10.7. The summed E-state index contributed by atoms with van der Waals surface area (Å²) in [5.41, 5.74) is 7.60. The van der Waals surface area contributed by atoms with Gasteiger partial charge in [0.1, 0.15) is 0 Å². The zero-order valence-electron chi connectivity index (χ0n) is 14.3. The van der Waals surface area contributed by atoms with Crippen LogP contribution in [-0.2, 0) is 5.41 Å². The number of nitrogens with two attached hydrogens (primary N) is 1. The Balaban J connectivity index is 1.74. The van der Waals surface area contributed by atoms with Gasteiger partial charge in [0.2, 0.25) is 0 Å². The molecule has 1 saturated carbocycles. The highest BCUT2D eigenvalue weighted by atomic mass is 16.3. The van der Waals surface area contributed by atoms with Crippen molar-refractivity contribution in [2.45, 2.75) is 43.2 Å².